The quantitative estimate of drug-likeness (QED) is 0.925. The number of nitrogens with zero attached hydrogens (tertiary/aromatic N) is 2. The van der Waals surface area contributed by atoms with Gasteiger partial charge in [-0.15, -0.1) is 11.3 Å². The van der Waals surface area contributed by atoms with Crippen molar-refractivity contribution in [3.63, 3.8) is 0 Å². The number of likely N-dealkylation sites (tertiary alicyclic amines) is 1. The highest BCUT2D eigenvalue weighted by atomic mass is 32.1. The first-order valence-corrected chi connectivity index (χ1v) is 7.24. The maximum atomic E-state index is 12.7. The number of hydrogen-bond acceptors (Lipinski definition) is 4. The molecule has 0 saturated carbocycles. The van der Waals surface area contributed by atoms with Crippen molar-refractivity contribution < 1.29 is 13.2 Å². The van der Waals surface area contributed by atoms with Crippen molar-refractivity contribution in [1.29, 1.82) is 0 Å². The minimum atomic E-state index is -4.07. The largest absolute Gasteiger partial charge is 0.393 e. The Kier molecular flexibility index (Phi) is 4.81. The van der Waals surface area contributed by atoms with E-state index in [0.29, 0.717) is 19.5 Å². The predicted octanol–water partition coefficient (Wildman–Crippen LogP) is 2.64. The van der Waals surface area contributed by atoms with E-state index in [1.54, 1.807) is 11.3 Å². The number of piperidine rings is 1. The van der Waals surface area contributed by atoms with Gasteiger partial charge >= 0.3 is 6.18 Å². The Labute approximate surface area is 114 Å². The molecule has 1 aliphatic rings. The molecule has 3 nitrogen and oxygen atoms in total. The molecule has 0 amide bonds. The number of thiazole rings is 1. The third-order valence-electron chi connectivity index (χ3n) is 3.28. The number of halogens is 3. The van der Waals surface area contributed by atoms with Crippen LogP contribution in [0, 0.1) is 5.92 Å². The van der Waals surface area contributed by atoms with E-state index in [1.165, 1.54) is 0 Å². The number of aromatic nitrogens is 1. The summed E-state index contributed by atoms with van der Waals surface area (Å²) in [6.45, 7) is 2.05. The molecule has 1 atom stereocenters. The monoisotopic (exact) mass is 293 g/mol. The molecule has 0 aliphatic carbocycles. The molecule has 19 heavy (non-hydrogen) atoms. The molecule has 0 spiro atoms. The zero-order valence-electron chi connectivity index (χ0n) is 10.8. The molecule has 1 N–H and O–H groups in total. The number of rotatable bonds is 4. The van der Waals surface area contributed by atoms with Gasteiger partial charge in [0.15, 0.2) is 0 Å². The van der Waals surface area contributed by atoms with Crippen molar-refractivity contribution in [3.05, 3.63) is 16.1 Å². The molecule has 0 bridgehead atoms. The normalized spacial score (nSPS) is 21.8. The highest BCUT2D eigenvalue weighted by molar-refractivity contribution is 7.09. The highest BCUT2D eigenvalue weighted by Gasteiger charge is 2.41. The van der Waals surface area contributed by atoms with Gasteiger partial charge in [-0.3, -0.25) is 4.90 Å². The molecular formula is C12H18F3N3S. The fraction of sp³-hybridized carbons (Fsp3) is 0.750. The summed E-state index contributed by atoms with van der Waals surface area (Å²) in [5.41, 5.74) is 0.873. The second-order valence-electron chi connectivity index (χ2n) is 4.88. The van der Waals surface area contributed by atoms with E-state index in [4.69, 9.17) is 0 Å². The van der Waals surface area contributed by atoms with Crippen LogP contribution in [0.4, 0.5) is 13.2 Å². The fourth-order valence-electron chi connectivity index (χ4n) is 2.35. The van der Waals surface area contributed by atoms with Gasteiger partial charge in [-0.2, -0.15) is 13.2 Å². The van der Waals surface area contributed by atoms with Gasteiger partial charge in [-0.1, -0.05) is 0 Å². The molecule has 0 radical (unpaired) electrons. The van der Waals surface area contributed by atoms with Gasteiger partial charge in [0, 0.05) is 25.0 Å². The lowest BCUT2D eigenvalue weighted by molar-refractivity contribution is -0.187. The summed E-state index contributed by atoms with van der Waals surface area (Å²) in [5.74, 6) is -1.18. The Morgan fingerprint density at radius 1 is 1.53 bits per heavy atom. The van der Waals surface area contributed by atoms with Crippen LogP contribution < -0.4 is 5.32 Å². The van der Waals surface area contributed by atoms with Gasteiger partial charge in [-0.05, 0) is 26.4 Å². The average Bonchev–Trinajstić information content (AvgIpc) is 2.76. The van der Waals surface area contributed by atoms with Crippen LogP contribution in [-0.4, -0.2) is 36.2 Å². The van der Waals surface area contributed by atoms with E-state index >= 15 is 0 Å². The first kappa shape index (κ1) is 14.7. The van der Waals surface area contributed by atoms with E-state index in [2.05, 4.69) is 10.3 Å². The Morgan fingerprint density at radius 3 is 3.00 bits per heavy atom. The average molecular weight is 293 g/mol. The molecule has 1 fully saturated rings. The van der Waals surface area contributed by atoms with E-state index in [1.807, 2.05) is 17.3 Å². The Hall–Kier alpha value is -0.660. The lowest BCUT2D eigenvalue weighted by Gasteiger charge is -2.33. The van der Waals surface area contributed by atoms with Gasteiger partial charge in [0.1, 0.15) is 5.01 Å². The maximum Gasteiger partial charge on any atom is 0.393 e. The van der Waals surface area contributed by atoms with E-state index in [-0.39, 0.29) is 13.0 Å². The van der Waals surface area contributed by atoms with Crippen molar-refractivity contribution in [2.24, 2.45) is 5.92 Å². The molecule has 7 heteroatoms. The van der Waals surface area contributed by atoms with Gasteiger partial charge in [0.05, 0.1) is 11.6 Å². The Balaban J connectivity index is 1.91. The lowest BCUT2D eigenvalue weighted by atomic mass is 9.97. The molecule has 1 aromatic rings. The first-order chi connectivity index (χ1) is 8.99. The second kappa shape index (κ2) is 6.19. The molecule has 2 heterocycles. The molecule has 1 aromatic heterocycles. The van der Waals surface area contributed by atoms with Crippen LogP contribution in [0.25, 0.3) is 0 Å². The van der Waals surface area contributed by atoms with E-state index < -0.39 is 12.1 Å². The Morgan fingerprint density at radius 2 is 2.32 bits per heavy atom. The predicted molar refractivity (Wildman–Crippen MR) is 68.9 cm³/mol. The van der Waals surface area contributed by atoms with Gasteiger partial charge in [0.2, 0.25) is 0 Å². The zero-order valence-corrected chi connectivity index (χ0v) is 11.7. The van der Waals surface area contributed by atoms with Gasteiger partial charge < -0.3 is 5.32 Å². The van der Waals surface area contributed by atoms with Crippen LogP contribution in [0.15, 0.2) is 5.38 Å². The SMILES string of the molecule is CNCc1nc(CN2CCCC(C(F)(F)F)C2)cs1. The zero-order chi connectivity index (χ0) is 13.9. The van der Waals surface area contributed by atoms with E-state index in [9.17, 15) is 13.2 Å². The molecule has 0 aromatic carbocycles. The first-order valence-electron chi connectivity index (χ1n) is 6.36. The van der Waals surface area contributed by atoms with Crippen LogP contribution in [0.1, 0.15) is 23.5 Å². The van der Waals surface area contributed by atoms with Crippen LogP contribution in [0.2, 0.25) is 0 Å². The Bertz CT molecular complexity index is 405. The molecule has 1 saturated heterocycles. The molecule has 1 aliphatic heterocycles. The lowest BCUT2D eigenvalue weighted by Crippen LogP contribution is -2.41. The van der Waals surface area contributed by atoms with Crippen molar-refractivity contribution in [2.75, 3.05) is 20.1 Å². The summed E-state index contributed by atoms with van der Waals surface area (Å²) in [5, 5.41) is 5.92. The number of hydrogen-bond donors (Lipinski definition) is 1. The van der Waals surface area contributed by atoms with E-state index in [0.717, 1.165) is 17.2 Å². The number of alkyl halides is 3. The minimum Gasteiger partial charge on any atom is -0.314 e. The maximum absolute atomic E-state index is 12.7. The third kappa shape index (κ3) is 4.15. The minimum absolute atomic E-state index is 0.0996. The van der Waals surface area contributed by atoms with Gasteiger partial charge in [-0.25, -0.2) is 4.98 Å². The van der Waals surface area contributed by atoms with Crippen LogP contribution >= 0.6 is 11.3 Å². The van der Waals surface area contributed by atoms with Crippen molar-refractivity contribution in [2.45, 2.75) is 32.1 Å². The third-order valence-corrected chi connectivity index (χ3v) is 4.18. The summed E-state index contributed by atoms with van der Waals surface area (Å²) in [7, 11) is 1.85. The standard InChI is InChI=1S/C12H18F3N3S/c1-16-5-11-17-10(8-19-11)7-18-4-2-3-9(6-18)12(13,14)15/h8-9,16H,2-7H2,1H3. The summed E-state index contributed by atoms with van der Waals surface area (Å²) in [6, 6.07) is 0. The second-order valence-corrected chi connectivity index (χ2v) is 5.82. The fourth-order valence-corrected chi connectivity index (χ4v) is 3.15. The topological polar surface area (TPSA) is 28.2 Å². The highest BCUT2D eigenvalue weighted by Crippen LogP contribution is 2.33. The van der Waals surface area contributed by atoms with Crippen molar-refractivity contribution in [3.8, 4) is 0 Å². The van der Waals surface area contributed by atoms with Crippen molar-refractivity contribution >= 4 is 11.3 Å². The molecule has 1 unspecified atom stereocenters. The summed E-state index contributed by atoms with van der Waals surface area (Å²) in [4.78, 5) is 6.28. The van der Waals surface area contributed by atoms with Gasteiger partial charge in [0.25, 0.3) is 0 Å². The summed E-state index contributed by atoms with van der Waals surface area (Å²) >= 11 is 1.55. The molecule has 2 rings (SSSR count). The molecule has 108 valence electrons. The summed E-state index contributed by atoms with van der Waals surface area (Å²) < 4.78 is 38.1. The van der Waals surface area contributed by atoms with Crippen LogP contribution in [0.5, 0.6) is 0 Å². The summed E-state index contributed by atoms with van der Waals surface area (Å²) in [6.07, 6.45) is -3.21. The van der Waals surface area contributed by atoms with Crippen LogP contribution in [-0.2, 0) is 13.1 Å². The molecular weight excluding hydrogens is 275 g/mol. The van der Waals surface area contributed by atoms with Crippen molar-refractivity contribution in [1.82, 2.24) is 15.2 Å². The number of nitrogens with one attached hydrogen (secondary N) is 1. The smallest absolute Gasteiger partial charge is 0.314 e. The van der Waals surface area contributed by atoms with Crippen LogP contribution in [0.3, 0.4) is 0 Å².